The van der Waals surface area contributed by atoms with E-state index in [1.807, 2.05) is 18.2 Å². The molecule has 0 radical (unpaired) electrons. The molecule has 1 aromatic heterocycles. The van der Waals surface area contributed by atoms with E-state index in [4.69, 9.17) is 14.9 Å². The molecule has 2 aromatic rings. The summed E-state index contributed by atoms with van der Waals surface area (Å²) in [4.78, 5) is 0. The van der Waals surface area contributed by atoms with Gasteiger partial charge in [0.15, 0.2) is 0 Å². The number of fused-ring (bicyclic) bond motifs is 1. The van der Waals surface area contributed by atoms with E-state index < -0.39 is 0 Å². The molecule has 3 nitrogen and oxygen atoms in total. The first kappa shape index (κ1) is 9.09. The van der Waals surface area contributed by atoms with E-state index >= 15 is 0 Å². The third-order valence-electron chi connectivity index (χ3n) is 2.27. The summed E-state index contributed by atoms with van der Waals surface area (Å²) in [5, 5.41) is 1.04. The van der Waals surface area contributed by atoms with Crippen LogP contribution in [0.3, 0.4) is 0 Å². The summed E-state index contributed by atoms with van der Waals surface area (Å²) >= 11 is 0. The van der Waals surface area contributed by atoms with Crippen LogP contribution in [0.4, 0.5) is 0 Å². The van der Waals surface area contributed by atoms with Crippen LogP contribution < -0.4 is 10.5 Å². The number of methoxy groups -OCH3 is 1. The van der Waals surface area contributed by atoms with Gasteiger partial charge in [0.25, 0.3) is 0 Å². The van der Waals surface area contributed by atoms with E-state index in [2.05, 4.69) is 0 Å². The second-order valence-electron chi connectivity index (χ2n) is 3.13. The van der Waals surface area contributed by atoms with Crippen LogP contribution >= 0.6 is 0 Å². The van der Waals surface area contributed by atoms with Crippen molar-refractivity contribution >= 4 is 11.0 Å². The summed E-state index contributed by atoms with van der Waals surface area (Å²) in [6, 6.07) is 5.77. The van der Waals surface area contributed by atoms with Crippen molar-refractivity contribution in [2.45, 2.75) is 6.42 Å². The van der Waals surface area contributed by atoms with E-state index in [9.17, 15) is 0 Å². The number of hydrogen-bond donors (Lipinski definition) is 1. The molecule has 0 fully saturated rings. The van der Waals surface area contributed by atoms with Gasteiger partial charge in [-0.15, -0.1) is 0 Å². The Hall–Kier alpha value is -1.48. The smallest absolute Gasteiger partial charge is 0.137 e. The molecule has 0 unspecified atom stereocenters. The Morgan fingerprint density at radius 3 is 3.00 bits per heavy atom. The van der Waals surface area contributed by atoms with Crippen LogP contribution in [-0.2, 0) is 6.42 Å². The number of ether oxygens (including phenoxy) is 1. The molecule has 0 saturated carbocycles. The Balaban J connectivity index is 2.62. The molecule has 0 bridgehead atoms. The van der Waals surface area contributed by atoms with E-state index in [1.54, 1.807) is 13.4 Å². The molecule has 2 rings (SSSR count). The van der Waals surface area contributed by atoms with Crippen LogP contribution in [-0.4, -0.2) is 13.7 Å². The molecule has 0 aliphatic rings. The van der Waals surface area contributed by atoms with E-state index in [0.717, 1.165) is 28.7 Å². The minimum absolute atomic E-state index is 0.618. The highest BCUT2D eigenvalue weighted by molar-refractivity contribution is 5.87. The SMILES string of the molecule is COc1cccc2occ(CCN)c12. The zero-order chi connectivity index (χ0) is 9.97. The van der Waals surface area contributed by atoms with E-state index in [-0.39, 0.29) is 0 Å². The predicted octanol–water partition coefficient (Wildman–Crippen LogP) is 1.94. The van der Waals surface area contributed by atoms with Crippen molar-refractivity contribution in [3.05, 3.63) is 30.0 Å². The van der Waals surface area contributed by atoms with Gasteiger partial charge in [0.2, 0.25) is 0 Å². The van der Waals surface area contributed by atoms with Crippen molar-refractivity contribution in [1.29, 1.82) is 0 Å². The van der Waals surface area contributed by atoms with Gasteiger partial charge in [-0.25, -0.2) is 0 Å². The molecule has 0 amide bonds. The number of hydrogen-bond acceptors (Lipinski definition) is 3. The highest BCUT2D eigenvalue weighted by Crippen LogP contribution is 2.30. The summed E-state index contributed by atoms with van der Waals surface area (Å²) in [7, 11) is 1.66. The van der Waals surface area contributed by atoms with Crippen molar-refractivity contribution in [2.24, 2.45) is 5.73 Å². The molecular weight excluding hydrogens is 178 g/mol. The van der Waals surface area contributed by atoms with Crippen molar-refractivity contribution < 1.29 is 9.15 Å². The first-order chi connectivity index (χ1) is 6.86. The monoisotopic (exact) mass is 191 g/mol. The lowest BCUT2D eigenvalue weighted by molar-refractivity contribution is 0.419. The Labute approximate surface area is 82.5 Å². The molecule has 0 aliphatic heterocycles. The van der Waals surface area contributed by atoms with E-state index in [0.29, 0.717) is 6.54 Å². The van der Waals surface area contributed by atoms with Crippen molar-refractivity contribution in [3.63, 3.8) is 0 Å². The first-order valence-electron chi connectivity index (χ1n) is 4.60. The molecule has 3 heteroatoms. The van der Waals surface area contributed by atoms with Gasteiger partial charge >= 0.3 is 0 Å². The van der Waals surface area contributed by atoms with Gasteiger partial charge in [-0.05, 0) is 25.1 Å². The second-order valence-corrected chi connectivity index (χ2v) is 3.13. The Morgan fingerprint density at radius 2 is 2.29 bits per heavy atom. The zero-order valence-corrected chi connectivity index (χ0v) is 8.12. The first-order valence-corrected chi connectivity index (χ1v) is 4.60. The lowest BCUT2D eigenvalue weighted by Gasteiger charge is -2.02. The van der Waals surface area contributed by atoms with Gasteiger partial charge in [0, 0.05) is 5.56 Å². The average Bonchev–Trinajstić information content (AvgIpc) is 2.62. The van der Waals surface area contributed by atoms with Crippen molar-refractivity contribution in [3.8, 4) is 5.75 Å². The van der Waals surface area contributed by atoms with Crippen LogP contribution in [0.15, 0.2) is 28.9 Å². The third kappa shape index (κ3) is 1.36. The minimum atomic E-state index is 0.618. The minimum Gasteiger partial charge on any atom is -0.496 e. The molecule has 0 aliphatic carbocycles. The second kappa shape index (κ2) is 3.72. The van der Waals surface area contributed by atoms with Crippen LogP contribution in [0.2, 0.25) is 0 Å². The summed E-state index contributed by atoms with van der Waals surface area (Å²) in [6.07, 6.45) is 2.56. The maximum absolute atomic E-state index is 5.52. The molecule has 74 valence electrons. The lowest BCUT2D eigenvalue weighted by atomic mass is 10.1. The molecular formula is C11H13NO2. The standard InChI is InChI=1S/C11H13NO2/c1-13-9-3-2-4-10-11(9)8(5-6-12)7-14-10/h2-4,7H,5-6,12H2,1H3. The van der Waals surface area contributed by atoms with Gasteiger partial charge in [-0.2, -0.15) is 0 Å². The number of nitrogens with two attached hydrogens (primary N) is 1. The molecule has 1 aromatic carbocycles. The molecule has 0 spiro atoms. The maximum atomic E-state index is 5.52. The number of benzene rings is 1. The van der Waals surface area contributed by atoms with Crippen molar-refractivity contribution in [1.82, 2.24) is 0 Å². The zero-order valence-electron chi connectivity index (χ0n) is 8.12. The fraction of sp³-hybridized carbons (Fsp3) is 0.273. The quantitative estimate of drug-likeness (QED) is 0.806. The summed E-state index contributed by atoms with van der Waals surface area (Å²) in [5.74, 6) is 0.847. The fourth-order valence-corrected chi connectivity index (χ4v) is 1.63. The van der Waals surface area contributed by atoms with Gasteiger partial charge in [-0.3, -0.25) is 0 Å². The third-order valence-corrected chi connectivity index (χ3v) is 2.27. The highest BCUT2D eigenvalue weighted by Gasteiger charge is 2.09. The van der Waals surface area contributed by atoms with Crippen LogP contribution in [0.5, 0.6) is 5.75 Å². The van der Waals surface area contributed by atoms with E-state index in [1.165, 1.54) is 0 Å². The Bertz CT molecular complexity index is 434. The predicted molar refractivity (Wildman–Crippen MR) is 55.5 cm³/mol. The number of furan rings is 1. The molecule has 1 heterocycles. The highest BCUT2D eigenvalue weighted by atomic mass is 16.5. The number of rotatable bonds is 3. The molecule has 2 N–H and O–H groups in total. The van der Waals surface area contributed by atoms with Gasteiger partial charge in [0.05, 0.1) is 18.8 Å². The topological polar surface area (TPSA) is 48.4 Å². The molecule has 0 saturated heterocycles. The summed E-state index contributed by atoms with van der Waals surface area (Å²) < 4.78 is 10.7. The van der Waals surface area contributed by atoms with Crippen LogP contribution in [0, 0.1) is 0 Å². The molecule has 14 heavy (non-hydrogen) atoms. The van der Waals surface area contributed by atoms with Gasteiger partial charge in [-0.1, -0.05) is 6.07 Å². The van der Waals surface area contributed by atoms with Crippen LogP contribution in [0.25, 0.3) is 11.0 Å². The summed E-state index contributed by atoms with van der Waals surface area (Å²) in [6.45, 7) is 0.618. The Morgan fingerprint density at radius 1 is 1.43 bits per heavy atom. The van der Waals surface area contributed by atoms with Crippen LogP contribution in [0.1, 0.15) is 5.56 Å². The van der Waals surface area contributed by atoms with Gasteiger partial charge < -0.3 is 14.9 Å². The summed E-state index contributed by atoms with van der Waals surface area (Å²) in [5.41, 5.74) is 7.49. The molecule has 0 atom stereocenters. The van der Waals surface area contributed by atoms with Crippen molar-refractivity contribution in [2.75, 3.05) is 13.7 Å². The Kier molecular flexibility index (Phi) is 2.41. The average molecular weight is 191 g/mol. The fourth-order valence-electron chi connectivity index (χ4n) is 1.63. The lowest BCUT2D eigenvalue weighted by Crippen LogP contribution is -2.02. The largest absolute Gasteiger partial charge is 0.496 e. The maximum Gasteiger partial charge on any atom is 0.137 e. The normalized spacial score (nSPS) is 10.7. The van der Waals surface area contributed by atoms with Gasteiger partial charge in [0.1, 0.15) is 11.3 Å².